The summed E-state index contributed by atoms with van der Waals surface area (Å²) in [5, 5.41) is 9.68. The lowest BCUT2D eigenvalue weighted by Gasteiger charge is -2.10. The molecule has 16 heavy (non-hydrogen) atoms. The summed E-state index contributed by atoms with van der Waals surface area (Å²) in [7, 11) is 0. The lowest BCUT2D eigenvalue weighted by atomic mass is 10.1. The predicted octanol–water partition coefficient (Wildman–Crippen LogP) is 2.76. The van der Waals surface area contributed by atoms with Crippen LogP contribution in [0.25, 0.3) is 0 Å². The van der Waals surface area contributed by atoms with Crippen molar-refractivity contribution in [3.63, 3.8) is 0 Å². The van der Waals surface area contributed by atoms with Gasteiger partial charge in [-0.15, -0.1) is 0 Å². The normalized spacial score (nSPS) is 11.2. The molecule has 0 fully saturated rings. The lowest BCUT2D eigenvalue weighted by Crippen LogP contribution is -2.07. The van der Waals surface area contributed by atoms with Crippen LogP contribution in [0.4, 0.5) is 0 Å². The Hall–Kier alpha value is -0.120. The first kappa shape index (κ1) is 15.9. The van der Waals surface area contributed by atoms with Gasteiger partial charge in [0.1, 0.15) is 0 Å². The number of unbranched alkanes of at least 4 members (excludes halogenated alkanes) is 2. The molecule has 0 aromatic rings. The molecule has 0 rings (SSSR count). The van der Waals surface area contributed by atoms with E-state index in [1.54, 1.807) is 0 Å². The molecule has 0 bridgehead atoms. The molecule has 0 saturated carbocycles. The van der Waals surface area contributed by atoms with Crippen molar-refractivity contribution in [1.29, 1.82) is 0 Å². The highest BCUT2D eigenvalue weighted by Crippen LogP contribution is 2.08. The molecule has 0 aliphatic carbocycles. The van der Waals surface area contributed by atoms with E-state index in [1.165, 1.54) is 0 Å². The van der Waals surface area contributed by atoms with Crippen LogP contribution in [0.5, 0.6) is 0 Å². The van der Waals surface area contributed by atoms with Gasteiger partial charge in [-0.25, -0.2) is 0 Å². The van der Waals surface area contributed by atoms with Crippen LogP contribution in [0.3, 0.4) is 0 Å². The molecule has 0 aromatic heterocycles. The van der Waals surface area contributed by atoms with E-state index in [9.17, 15) is 5.11 Å². The Morgan fingerprint density at radius 1 is 0.812 bits per heavy atom. The second kappa shape index (κ2) is 12.9. The number of rotatable bonds is 12. The largest absolute Gasteiger partial charge is 0.393 e. The molecule has 98 valence electrons. The average molecular weight is 232 g/mol. The number of aliphatic hydroxyl groups is 1. The summed E-state index contributed by atoms with van der Waals surface area (Å²) in [6.07, 6.45) is 5.92. The third-order valence-corrected chi connectivity index (χ3v) is 2.56. The van der Waals surface area contributed by atoms with E-state index in [0.29, 0.717) is 0 Å². The van der Waals surface area contributed by atoms with E-state index in [2.05, 4.69) is 0 Å². The highest BCUT2D eigenvalue weighted by molar-refractivity contribution is 4.56. The summed E-state index contributed by atoms with van der Waals surface area (Å²) >= 11 is 0. The summed E-state index contributed by atoms with van der Waals surface area (Å²) in [5.74, 6) is 0. The smallest absolute Gasteiger partial charge is 0.0540 e. The Morgan fingerprint density at radius 3 is 1.62 bits per heavy atom. The standard InChI is InChI=1S/C13H28O3/c1-3-15-11-7-5-9-13(14)10-6-8-12-16-4-2/h13-14H,3-12H2,1-2H3. The van der Waals surface area contributed by atoms with Gasteiger partial charge in [-0.1, -0.05) is 0 Å². The summed E-state index contributed by atoms with van der Waals surface area (Å²) in [5.41, 5.74) is 0. The molecule has 0 spiro atoms. The Morgan fingerprint density at radius 2 is 1.25 bits per heavy atom. The van der Waals surface area contributed by atoms with Gasteiger partial charge in [0.15, 0.2) is 0 Å². The quantitative estimate of drug-likeness (QED) is 0.526. The van der Waals surface area contributed by atoms with Crippen molar-refractivity contribution in [3.8, 4) is 0 Å². The molecule has 0 aliphatic rings. The molecule has 0 heterocycles. The molecule has 0 saturated heterocycles. The fraction of sp³-hybridized carbons (Fsp3) is 1.00. The Balaban J connectivity index is 3.09. The number of ether oxygens (including phenoxy) is 2. The third kappa shape index (κ3) is 12.0. The van der Waals surface area contributed by atoms with E-state index >= 15 is 0 Å². The number of hydrogen-bond acceptors (Lipinski definition) is 3. The van der Waals surface area contributed by atoms with Gasteiger partial charge in [0.25, 0.3) is 0 Å². The van der Waals surface area contributed by atoms with Crippen molar-refractivity contribution < 1.29 is 14.6 Å². The zero-order valence-corrected chi connectivity index (χ0v) is 10.9. The maximum atomic E-state index is 9.68. The number of hydrogen-bond donors (Lipinski definition) is 1. The molecule has 0 unspecified atom stereocenters. The molecule has 3 nitrogen and oxygen atoms in total. The van der Waals surface area contributed by atoms with Crippen molar-refractivity contribution in [2.75, 3.05) is 26.4 Å². The zero-order valence-electron chi connectivity index (χ0n) is 10.9. The molecule has 0 aliphatic heterocycles. The first-order valence-electron chi connectivity index (χ1n) is 6.64. The summed E-state index contributed by atoms with van der Waals surface area (Å²) < 4.78 is 10.5. The van der Waals surface area contributed by atoms with Gasteiger partial charge in [-0.3, -0.25) is 0 Å². The van der Waals surface area contributed by atoms with Gasteiger partial charge < -0.3 is 14.6 Å². The minimum absolute atomic E-state index is 0.136. The van der Waals surface area contributed by atoms with E-state index in [1.807, 2.05) is 13.8 Å². The maximum absolute atomic E-state index is 9.68. The van der Waals surface area contributed by atoms with Crippen LogP contribution < -0.4 is 0 Å². The van der Waals surface area contributed by atoms with Crippen LogP contribution in [-0.2, 0) is 9.47 Å². The van der Waals surface area contributed by atoms with Gasteiger partial charge in [0.2, 0.25) is 0 Å². The summed E-state index contributed by atoms with van der Waals surface area (Å²) in [6.45, 7) is 7.25. The van der Waals surface area contributed by atoms with Crippen LogP contribution in [0.15, 0.2) is 0 Å². The van der Waals surface area contributed by atoms with Crippen molar-refractivity contribution in [1.82, 2.24) is 0 Å². The first-order chi connectivity index (χ1) is 7.81. The summed E-state index contributed by atoms with van der Waals surface area (Å²) in [4.78, 5) is 0. The second-order valence-electron chi connectivity index (χ2n) is 4.04. The van der Waals surface area contributed by atoms with Gasteiger partial charge in [0, 0.05) is 26.4 Å². The third-order valence-electron chi connectivity index (χ3n) is 2.56. The fourth-order valence-corrected chi connectivity index (χ4v) is 1.60. The van der Waals surface area contributed by atoms with Crippen LogP contribution in [-0.4, -0.2) is 37.6 Å². The second-order valence-corrected chi connectivity index (χ2v) is 4.04. The van der Waals surface area contributed by atoms with Gasteiger partial charge in [0.05, 0.1) is 6.10 Å². The summed E-state index contributed by atoms with van der Waals surface area (Å²) in [6, 6.07) is 0. The molecule has 1 N–H and O–H groups in total. The van der Waals surface area contributed by atoms with Crippen molar-refractivity contribution >= 4 is 0 Å². The van der Waals surface area contributed by atoms with Gasteiger partial charge in [-0.05, 0) is 52.4 Å². The highest BCUT2D eigenvalue weighted by Gasteiger charge is 2.03. The topological polar surface area (TPSA) is 38.7 Å². The van der Waals surface area contributed by atoms with Crippen molar-refractivity contribution in [2.24, 2.45) is 0 Å². The van der Waals surface area contributed by atoms with E-state index in [0.717, 1.165) is 65.0 Å². The van der Waals surface area contributed by atoms with E-state index in [-0.39, 0.29) is 6.10 Å². The zero-order chi connectivity index (χ0) is 12.1. The SMILES string of the molecule is CCOCCCCC(O)CCCCOCC. The molecule has 0 amide bonds. The number of aliphatic hydroxyl groups excluding tert-OH is 1. The van der Waals surface area contributed by atoms with Crippen LogP contribution in [0.2, 0.25) is 0 Å². The minimum Gasteiger partial charge on any atom is -0.393 e. The van der Waals surface area contributed by atoms with Gasteiger partial charge >= 0.3 is 0 Å². The predicted molar refractivity (Wildman–Crippen MR) is 66.7 cm³/mol. The van der Waals surface area contributed by atoms with Crippen molar-refractivity contribution in [2.45, 2.75) is 58.5 Å². The van der Waals surface area contributed by atoms with Crippen LogP contribution in [0.1, 0.15) is 52.4 Å². The van der Waals surface area contributed by atoms with E-state index < -0.39 is 0 Å². The highest BCUT2D eigenvalue weighted by atomic mass is 16.5. The monoisotopic (exact) mass is 232 g/mol. The molecular weight excluding hydrogens is 204 g/mol. The van der Waals surface area contributed by atoms with Crippen LogP contribution >= 0.6 is 0 Å². The maximum Gasteiger partial charge on any atom is 0.0540 e. The van der Waals surface area contributed by atoms with Gasteiger partial charge in [-0.2, -0.15) is 0 Å². The minimum atomic E-state index is -0.136. The van der Waals surface area contributed by atoms with Crippen LogP contribution in [0, 0.1) is 0 Å². The molecule has 0 radical (unpaired) electrons. The molecule has 3 heteroatoms. The molecule has 0 atom stereocenters. The Bertz CT molecular complexity index is 114. The molecule has 0 aromatic carbocycles. The van der Waals surface area contributed by atoms with E-state index in [4.69, 9.17) is 9.47 Å². The van der Waals surface area contributed by atoms with Crippen molar-refractivity contribution in [3.05, 3.63) is 0 Å². The Kier molecular flexibility index (Phi) is 12.9. The average Bonchev–Trinajstić information content (AvgIpc) is 2.28. The Labute approximate surface area is 100 Å². The fourth-order valence-electron chi connectivity index (χ4n) is 1.60. The first-order valence-corrected chi connectivity index (χ1v) is 6.64. The molecular formula is C13H28O3. The lowest BCUT2D eigenvalue weighted by molar-refractivity contribution is 0.116.